The highest BCUT2D eigenvalue weighted by atomic mass is 32.2. The molecular formula is C27H26F3N3O4S. The van der Waals surface area contributed by atoms with Gasteiger partial charge in [-0.25, -0.2) is 0 Å². The number of para-hydroxylation sites is 2. The number of hydrogen-bond acceptors (Lipinski definition) is 7. The molecule has 1 atom stereocenters. The summed E-state index contributed by atoms with van der Waals surface area (Å²) < 4.78 is 58.8. The SMILES string of the molecule is CCOc1cc(C(=O)Nc2cc(C(F)(F)F)cc3c2S[C@H]2Nc4ccccc4N32)cc(OCC)c1OCC. The van der Waals surface area contributed by atoms with Crippen molar-refractivity contribution in [3.8, 4) is 17.2 Å². The van der Waals surface area contributed by atoms with Crippen LogP contribution in [0.25, 0.3) is 0 Å². The number of halogens is 3. The minimum absolute atomic E-state index is 0.0725. The highest BCUT2D eigenvalue weighted by Crippen LogP contribution is 2.57. The maximum atomic E-state index is 13.9. The standard InChI is InChI=1S/C27H26F3N3O4S/c1-4-35-21-11-15(12-22(36-5-2)23(21)37-6-3)25(34)31-18-13-16(27(28,29)30)14-20-24(18)38-26-32-17-9-7-8-10-19(17)33(20)26/h7-14,26,32H,4-6H2,1-3H3,(H,31,34)/t26-/m0/s1. The number of alkyl halides is 3. The zero-order valence-electron chi connectivity index (χ0n) is 20.9. The predicted octanol–water partition coefficient (Wildman–Crippen LogP) is 7.11. The van der Waals surface area contributed by atoms with Gasteiger partial charge in [0, 0.05) is 5.56 Å². The van der Waals surface area contributed by atoms with E-state index in [9.17, 15) is 18.0 Å². The van der Waals surface area contributed by atoms with Crippen LogP contribution in [0.1, 0.15) is 36.7 Å². The number of amides is 1. The maximum absolute atomic E-state index is 13.9. The summed E-state index contributed by atoms with van der Waals surface area (Å²) >= 11 is 1.34. The van der Waals surface area contributed by atoms with E-state index in [1.807, 2.05) is 36.1 Å². The summed E-state index contributed by atoms with van der Waals surface area (Å²) in [6.45, 7) is 6.40. The summed E-state index contributed by atoms with van der Waals surface area (Å²) in [7, 11) is 0. The largest absolute Gasteiger partial charge is 0.490 e. The van der Waals surface area contributed by atoms with Crippen molar-refractivity contribution in [2.75, 3.05) is 35.4 Å². The lowest BCUT2D eigenvalue weighted by molar-refractivity contribution is -0.137. The molecule has 200 valence electrons. The van der Waals surface area contributed by atoms with Crippen molar-refractivity contribution < 1.29 is 32.2 Å². The van der Waals surface area contributed by atoms with Crippen LogP contribution < -0.4 is 29.7 Å². The average Bonchev–Trinajstić information content (AvgIpc) is 3.42. The van der Waals surface area contributed by atoms with E-state index in [2.05, 4.69) is 10.6 Å². The molecular weight excluding hydrogens is 519 g/mol. The van der Waals surface area contributed by atoms with Crippen LogP contribution in [-0.2, 0) is 6.18 Å². The fourth-order valence-corrected chi connectivity index (χ4v) is 5.72. The van der Waals surface area contributed by atoms with Crippen molar-refractivity contribution in [3.05, 3.63) is 59.7 Å². The zero-order chi connectivity index (χ0) is 27.0. The zero-order valence-corrected chi connectivity index (χ0v) is 21.8. The Balaban J connectivity index is 1.55. The van der Waals surface area contributed by atoms with E-state index in [0.717, 1.165) is 23.5 Å². The number of nitrogens with zero attached hydrogens (tertiary/aromatic N) is 1. The van der Waals surface area contributed by atoms with E-state index in [1.54, 1.807) is 13.8 Å². The second-order valence-corrected chi connectivity index (χ2v) is 9.52. The summed E-state index contributed by atoms with van der Waals surface area (Å²) in [5, 5.41) is 6.03. The summed E-state index contributed by atoms with van der Waals surface area (Å²) in [5.74, 6) is 0.400. The first-order valence-corrected chi connectivity index (χ1v) is 13.1. The summed E-state index contributed by atoms with van der Waals surface area (Å²) in [4.78, 5) is 15.8. The average molecular weight is 546 g/mol. The lowest BCUT2D eigenvalue weighted by atomic mass is 10.1. The normalized spacial score (nSPS) is 15.3. The number of fused-ring (bicyclic) bond motifs is 5. The van der Waals surface area contributed by atoms with Gasteiger partial charge >= 0.3 is 6.18 Å². The third-order valence-electron chi connectivity index (χ3n) is 5.98. The fraction of sp³-hybridized carbons (Fsp3) is 0.296. The first-order valence-electron chi connectivity index (χ1n) is 12.2. The second-order valence-electron chi connectivity index (χ2n) is 8.43. The number of benzene rings is 3. The molecule has 2 heterocycles. The van der Waals surface area contributed by atoms with Crippen molar-refractivity contribution in [2.45, 2.75) is 37.3 Å². The topological polar surface area (TPSA) is 72.1 Å². The van der Waals surface area contributed by atoms with Gasteiger partial charge in [-0.15, -0.1) is 0 Å². The molecule has 2 N–H and O–H groups in total. The van der Waals surface area contributed by atoms with Gasteiger partial charge in [-0.05, 0) is 57.2 Å². The molecule has 2 aliphatic heterocycles. The van der Waals surface area contributed by atoms with Crippen molar-refractivity contribution in [1.29, 1.82) is 0 Å². The molecule has 0 spiro atoms. The summed E-state index contributed by atoms with van der Waals surface area (Å²) in [6.07, 6.45) is -4.60. The van der Waals surface area contributed by atoms with Gasteiger partial charge in [-0.1, -0.05) is 23.9 Å². The number of thioether (sulfide) groups is 1. The Labute approximate surface area is 222 Å². The van der Waals surface area contributed by atoms with Crippen LogP contribution in [0.4, 0.5) is 35.9 Å². The van der Waals surface area contributed by atoms with Gasteiger partial charge in [0.25, 0.3) is 5.91 Å². The first kappa shape index (κ1) is 25.9. The molecule has 0 saturated heterocycles. The van der Waals surface area contributed by atoms with Crippen molar-refractivity contribution >= 4 is 40.4 Å². The number of rotatable bonds is 8. The van der Waals surface area contributed by atoms with Gasteiger partial charge in [-0.2, -0.15) is 13.2 Å². The van der Waals surface area contributed by atoms with Gasteiger partial charge < -0.3 is 29.7 Å². The molecule has 0 unspecified atom stereocenters. The van der Waals surface area contributed by atoms with Crippen LogP contribution >= 0.6 is 11.8 Å². The number of carbonyl (C=O) groups excluding carboxylic acids is 1. The summed E-state index contributed by atoms with van der Waals surface area (Å²) in [5.41, 5.74) is 1.03. The molecule has 0 aromatic heterocycles. The van der Waals surface area contributed by atoms with E-state index in [1.165, 1.54) is 23.9 Å². The number of hydrogen-bond donors (Lipinski definition) is 2. The molecule has 38 heavy (non-hydrogen) atoms. The highest BCUT2D eigenvalue weighted by molar-refractivity contribution is 8.00. The van der Waals surface area contributed by atoms with Crippen molar-refractivity contribution in [3.63, 3.8) is 0 Å². The lowest BCUT2D eigenvalue weighted by Gasteiger charge is -2.20. The van der Waals surface area contributed by atoms with Crippen LogP contribution in [-0.4, -0.2) is 31.2 Å². The van der Waals surface area contributed by atoms with E-state index in [-0.39, 0.29) is 16.7 Å². The Bertz CT molecular complexity index is 1360. The number of nitrogens with one attached hydrogen (secondary N) is 2. The third-order valence-corrected chi connectivity index (χ3v) is 7.20. The van der Waals surface area contributed by atoms with Gasteiger partial charge in [0.15, 0.2) is 17.0 Å². The number of anilines is 4. The van der Waals surface area contributed by atoms with Gasteiger partial charge in [-0.3, -0.25) is 4.79 Å². The molecule has 3 aromatic rings. The Morgan fingerprint density at radius 1 is 0.974 bits per heavy atom. The Hall–Kier alpha value is -3.73. The quantitative estimate of drug-likeness (QED) is 0.313. The molecule has 7 nitrogen and oxygen atoms in total. The number of carbonyl (C=O) groups is 1. The van der Waals surface area contributed by atoms with Gasteiger partial charge in [0.1, 0.15) is 0 Å². The second kappa shape index (κ2) is 10.2. The molecule has 0 saturated carbocycles. The molecule has 0 fully saturated rings. The van der Waals surface area contributed by atoms with Crippen LogP contribution in [0.15, 0.2) is 53.4 Å². The third kappa shape index (κ3) is 4.66. The molecule has 5 rings (SSSR count). The van der Waals surface area contributed by atoms with Gasteiger partial charge in [0.05, 0.1) is 53.0 Å². The van der Waals surface area contributed by atoms with Crippen molar-refractivity contribution in [2.24, 2.45) is 0 Å². The molecule has 0 aliphatic carbocycles. The Kier molecular flexibility index (Phi) is 6.95. The van der Waals surface area contributed by atoms with Gasteiger partial charge in [0.2, 0.25) is 5.75 Å². The molecule has 2 aliphatic rings. The molecule has 0 bridgehead atoms. The molecule has 11 heteroatoms. The van der Waals surface area contributed by atoms with Crippen LogP contribution in [0.2, 0.25) is 0 Å². The van der Waals surface area contributed by atoms with E-state index in [4.69, 9.17) is 14.2 Å². The molecule has 0 radical (unpaired) electrons. The minimum atomic E-state index is -4.60. The molecule has 3 aromatic carbocycles. The van der Waals surface area contributed by atoms with Crippen LogP contribution in [0.3, 0.4) is 0 Å². The maximum Gasteiger partial charge on any atom is 0.416 e. The van der Waals surface area contributed by atoms with Crippen LogP contribution in [0.5, 0.6) is 17.2 Å². The number of ether oxygens (including phenoxy) is 3. The first-order chi connectivity index (χ1) is 18.2. The van der Waals surface area contributed by atoms with E-state index < -0.39 is 17.6 Å². The Morgan fingerprint density at radius 3 is 2.26 bits per heavy atom. The van der Waals surface area contributed by atoms with E-state index >= 15 is 0 Å². The fourth-order valence-electron chi connectivity index (χ4n) is 4.47. The van der Waals surface area contributed by atoms with E-state index in [0.29, 0.717) is 47.7 Å². The predicted molar refractivity (Wildman–Crippen MR) is 141 cm³/mol. The van der Waals surface area contributed by atoms with Crippen LogP contribution in [0, 0.1) is 0 Å². The molecule has 1 amide bonds. The minimum Gasteiger partial charge on any atom is -0.490 e. The highest BCUT2D eigenvalue weighted by Gasteiger charge is 2.42. The Morgan fingerprint density at radius 2 is 1.63 bits per heavy atom. The smallest absolute Gasteiger partial charge is 0.416 e. The summed E-state index contributed by atoms with van der Waals surface area (Å²) in [6, 6.07) is 12.5. The lowest BCUT2D eigenvalue weighted by Crippen LogP contribution is -2.23. The monoisotopic (exact) mass is 545 g/mol. The van der Waals surface area contributed by atoms with Crippen molar-refractivity contribution in [1.82, 2.24) is 0 Å².